The molecule has 13 heavy (non-hydrogen) atoms. The summed E-state index contributed by atoms with van der Waals surface area (Å²) in [4.78, 5) is 11.6. The lowest BCUT2D eigenvalue weighted by Crippen LogP contribution is -2.26. The number of nitrogens with zero attached hydrogens (tertiary/aromatic N) is 2. The third-order valence-electron chi connectivity index (χ3n) is 2.11. The highest BCUT2D eigenvalue weighted by molar-refractivity contribution is 8.01. The van der Waals surface area contributed by atoms with Crippen LogP contribution in [0.15, 0.2) is 5.38 Å². The van der Waals surface area contributed by atoms with E-state index in [4.69, 9.17) is 0 Å². The highest BCUT2D eigenvalue weighted by Gasteiger charge is 2.49. The lowest BCUT2D eigenvalue weighted by atomic mass is 10.4. The maximum atomic E-state index is 11.6. The van der Waals surface area contributed by atoms with Gasteiger partial charge in [-0.25, -0.2) is 0 Å². The van der Waals surface area contributed by atoms with Crippen LogP contribution in [0.1, 0.15) is 12.8 Å². The van der Waals surface area contributed by atoms with Crippen molar-refractivity contribution in [2.24, 2.45) is 0 Å². The van der Waals surface area contributed by atoms with Crippen molar-refractivity contribution in [3.8, 4) is 0 Å². The number of carbonyl (C=O) groups is 1. The van der Waals surface area contributed by atoms with E-state index < -0.39 is 0 Å². The number of carbonyl (C=O) groups excluding carboxylic acids is 1. The molecule has 4 nitrogen and oxygen atoms in total. The molecule has 0 bridgehead atoms. The summed E-state index contributed by atoms with van der Waals surface area (Å²) in [5.74, 6) is 0.628. The number of nitrogens with one attached hydrogen (secondary N) is 1. The number of hydrogen-bond acceptors (Lipinski definition) is 5. The van der Waals surface area contributed by atoms with Gasteiger partial charge in [0.05, 0.1) is 10.1 Å². The van der Waals surface area contributed by atoms with E-state index in [9.17, 15) is 4.79 Å². The molecular weight excluding hydrogens is 206 g/mol. The number of aromatic nitrogens is 2. The first-order valence-corrected chi connectivity index (χ1v) is 5.97. The average molecular weight is 215 g/mol. The van der Waals surface area contributed by atoms with Crippen molar-refractivity contribution < 1.29 is 4.79 Å². The Labute approximate surface area is 84.3 Å². The van der Waals surface area contributed by atoms with Crippen LogP contribution in [-0.4, -0.2) is 26.5 Å². The Morgan fingerprint density at radius 2 is 2.54 bits per heavy atom. The first kappa shape index (κ1) is 8.96. The number of thioether (sulfide) groups is 1. The molecule has 0 saturated heterocycles. The van der Waals surface area contributed by atoms with Gasteiger partial charge in [0.25, 0.3) is 0 Å². The lowest BCUT2D eigenvalue weighted by molar-refractivity contribution is -0.116. The predicted octanol–water partition coefficient (Wildman–Crippen LogP) is 1.37. The predicted molar refractivity (Wildman–Crippen MR) is 54.0 cm³/mol. The molecule has 0 radical (unpaired) electrons. The Balaban J connectivity index is 2.00. The molecule has 1 aliphatic carbocycles. The maximum absolute atomic E-state index is 11.6. The van der Waals surface area contributed by atoms with Crippen molar-refractivity contribution in [3.63, 3.8) is 0 Å². The minimum atomic E-state index is -0.177. The van der Waals surface area contributed by atoms with Gasteiger partial charge in [-0.15, -0.1) is 16.9 Å². The summed E-state index contributed by atoms with van der Waals surface area (Å²) >= 11 is 2.85. The third-order valence-corrected chi connectivity index (χ3v) is 3.99. The van der Waals surface area contributed by atoms with Gasteiger partial charge in [0.15, 0.2) is 5.82 Å². The zero-order valence-corrected chi connectivity index (χ0v) is 8.74. The summed E-state index contributed by atoms with van der Waals surface area (Å²) in [6.45, 7) is 0. The van der Waals surface area contributed by atoms with E-state index >= 15 is 0 Å². The van der Waals surface area contributed by atoms with Crippen LogP contribution < -0.4 is 5.32 Å². The standard InChI is InChI=1S/C7H9N3OS2/c1-12-7(2-3-7)6(11)8-5-4-13-10-9-5/h4H,2-3H2,1H3,(H,8,11). The second-order valence-corrected chi connectivity index (χ2v) is 4.74. The van der Waals surface area contributed by atoms with Gasteiger partial charge < -0.3 is 5.32 Å². The summed E-state index contributed by atoms with van der Waals surface area (Å²) in [6.07, 6.45) is 3.90. The van der Waals surface area contributed by atoms with Gasteiger partial charge in [0, 0.05) is 0 Å². The van der Waals surface area contributed by atoms with E-state index in [1.807, 2.05) is 6.26 Å². The molecule has 0 aromatic carbocycles. The summed E-state index contributed by atoms with van der Waals surface area (Å²) in [5, 5.41) is 8.24. The molecule has 1 aromatic rings. The molecule has 70 valence electrons. The highest BCUT2D eigenvalue weighted by Crippen LogP contribution is 2.47. The molecule has 1 amide bonds. The molecule has 1 heterocycles. The average Bonchev–Trinajstić information content (AvgIpc) is 2.79. The monoisotopic (exact) mass is 215 g/mol. The molecule has 0 aliphatic heterocycles. The topological polar surface area (TPSA) is 54.9 Å². The highest BCUT2D eigenvalue weighted by atomic mass is 32.2. The SMILES string of the molecule is CSC1(C(=O)Nc2csnn2)CC1. The van der Waals surface area contributed by atoms with Crippen molar-refractivity contribution in [2.45, 2.75) is 17.6 Å². The van der Waals surface area contributed by atoms with E-state index in [2.05, 4.69) is 14.9 Å². The zero-order chi connectivity index (χ0) is 9.31. The summed E-state index contributed by atoms with van der Waals surface area (Å²) < 4.78 is 3.50. The number of rotatable bonds is 3. The van der Waals surface area contributed by atoms with Crippen LogP contribution in [0, 0.1) is 0 Å². The fraction of sp³-hybridized carbons (Fsp3) is 0.571. The van der Waals surface area contributed by atoms with Gasteiger partial charge >= 0.3 is 0 Å². The summed E-state index contributed by atoms with van der Waals surface area (Å²) in [5.41, 5.74) is 0. The van der Waals surface area contributed by atoms with Crippen LogP contribution >= 0.6 is 23.3 Å². The molecule has 0 atom stereocenters. The van der Waals surface area contributed by atoms with Crippen LogP contribution in [0.2, 0.25) is 0 Å². The van der Waals surface area contributed by atoms with Gasteiger partial charge in [-0.1, -0.05) is 4.49 Å². The smallest absolute Gasteiger partial charge is 0.241 e. The first-order valence-electron chi connectivity index (χ1n) is 3.90. The molecule has 0 spiro atoms. The number of amides is 1. The molecule has 1 aliphatic rings. The molecular formula is C7H9N3OS2. The number of hydrogen-bond donors (Lipinski definition) is 1. The van der Waals surface area contributed by atoms with Crippen molar-refractivity contribution >= 4 is 35.0 Å². The van der Waals surface area contributed by atoms with Crippen LogP contribution in [0.5, 0.6) is 0 Å². The van der Waals surface area contributed by atoms with Crippen LogP contribution in [0.25, 0.3) is 0 Å². The van der Waals surface area contributed by atoms with E-state index in [0.717, 1.165) is 12.8 Å². The Hall–Kier alpha value is -0.620. The molecule has 6 heteroatoms. The molecule has 0 unspecified atom stereocenters. The Morgan fingerprint density at radius 1 is 1.77 bits per heavy atom. The second-order valence-electron chi connectivity index (χ2n) is 2.94. The third kappa shape index (κ3) is 1.68. The van der Waals surface area contributed by atoms with Gasteiger partial charge in [-0.05, 0) is 30.6 Å². The molecule has 1 N–H and O–H groups in total. The molecule has 1 saturated carbocycles. The van der Waals surface area contributed by atoms with Crippen LogP contribution in [-0.2, 0) is 4.79 Å². The Bertz CT molecular complexity index is 308. The molecule has 2 rings (SSSR count). The Kier molecular flexibility index (Phi) is 2.25. The minimum absolute atomic E-state index is 0.0627. The van der Waals surface area contributed by atoms with Crippen molar-refractivity contribution in [1.29, 1.82) is 0 Å². The first-order chi connectivity index (χ1) is 6.27. The van der Waals surface area contributed by atoms with Crippen molar-refractivity contribution in [3.05, 3.63) is 5.38 Å². The zero-order valence-electron chi connectivity index (χ0n) is 7.11. The van der Waals surface area contributed by atoms with E-state index in [1.165, 1.54) is 11.5 Å². The Morgan fingerprint density at radius 3 is 3.00 bits per heavy atom. The quantitative estimate of drug-likeness (QED) is 0.827. The number of anilines is 1. The van der Waals surface area contributed by atoms with Gasteiger partial charge in [-0.3, -0.25) is 4.79 Å². The van der Waals surface area contributed by atoms with Gasteiger partial charge in [-0.2, -0.15) is 0 Å². The van der Waals surface area contributed by atoms with Crippen molar-refractivity contribution in [2.75, 3.05) is 11.6 Å². The van der Waals surface area contributed by atoms with E-state index in [-0.39, 0.29) is 10.7 Å². The van der Waals surface area contributed by atoms with E-state index in [0.29, 0.717) is 5.82 Å². The van der Waals surface area contributed by atoms with Crippen LogP contribution in [0.4, 0.5) is 5.82 Å². The maximum Gasteiger partial charge on any atom is 0.241 e. The molecule has 1 fully saturated rings. The lowest BCUT2D eigenvalue weighted by Gasteiger charge is -2.09. The second kappa shape index (κ2) is 3.26. The fourth-order valence-corrected chi connectivity index (χ4v) is 2.22. The molecule has 1 aromatic heterocycles. The summed E-state index contributed by atoms with van der Waals surface area (Å²) in [6, 6.07) is 0. The van der Waals surface area contributed by atoms with Crippen molar-refractivity contribution in [1.82, 2.24) is 9.59 Å². The van der Waals surface area contributed by atoms with Gasteiger partial charge in [0.1, 0.15) is 0 Å². The summed E-state index contributed by atoms with van der Waals surface area (Å²) in [7, 11) is 0. The fourth-order valence-electron chi connectivity index (χ4n) is 1.09. The van der Waals surface area contributed by atoms with Gasteiger partial charge in [0.2, 0.25) is 5.91 Å². The van der Waals surface area contributed by atoms with Crippen LogP contribution in [0.3, 0.4) is 0 Å². The largest absolute Gasteiger partial charge is 0.307 e. The minimum Gasteiger partial charge on any atom is -0.307 e. The normalized spacial score (nSPS) is 18.2. The van der Waals surface area contributed by atoms with E-state index in [1.54, 1.807) is 17.1 Å².